The topological polar surface area (TPSA) is 102 Å². The van der Waals surface area contributed by atoms with Gasteiger partial charge in [0.15, 0.2) is 0 Å². The van der Waals surface area contributed by atoms with Crippen LogP contribution in [0.25, 0.3) is 0 Å². The fraction of sp³-hybridized carbons (Fsp3) is 0.652. The number of nitrogens with one attached hydrogen (secondary N) is 1. The van der Waals surface area contributed by atoms with Crippen molar-refractivity contribution in [3.8, 4) is 0 Å². The summed E-state index contributed by atoms with van der Waals surface area (Å²) in [7, 11) is 3.35. The first-order valence-corrected chi connectivity index (χ1v) is 13.6. The van der Waals surface area contributed by atoms with Crippen LogP contribution in [0.4, 0.5) is 0 Å². The summed E-state index contributed by atoms with van der Waals surface area (Å²) >= 11 is 0. The minimum Gasteiger partial charge on any atom is -0.465 e. The van der Waals surface area contributed by atoms with Crippen LogP contribution >= 0.6 is 21.6 Å². The zero-order valence-corrected chi connectivity index (χ0v) is 20.4. The molecule has 0 saturated heterocycles. The van der Waals surface area contributed by atoms with E-state index < -0.39 is 0 Å². The molecular weight excluding hydrogens is 448 g/mol. The summed E-state index contributed by atoms with van der Waals surface area (Å²) in [5.74, 6) is 1.42. The number of carbonyl (C=O) groups is 2. The van der Waals surface area contributed by atoms with E-state index in [2.05, 4.69) is 17.2 Å². The molecule has 32 heavy (non-hydrogen) atoms. The Morgan fingerprint density at radius 3 is 2.53 bits per heavy atom. The summed E-state index contributed by atoms with van der Waals surface area (Å²) in [6, 6.07) is 3.50. The molecule has 1 amide bonds. The van der Waals surface area contributed by atoms with Gasteiger partial charge in [0.2, 0.25) is 0 Å². The van der Waals surface area contributed by atoms with E-state index >= 15 is 0 Å². The lowest BCUT2D eigenvalue weighted by Gasteiger charge is -2.37. The third-order valence-corrected chi connectivity index (χ3v) is 7.83. The van der Waals surface area contributed by atoms with E-state index in [0.29, 0.717) is 30.6 Å². The molecule has 0 atom stereocenters. The first-order chi connectivity index (χ1) is 15.6. The van der Waals surface area contributed by atoms with Crippen LogP contribution < -0.4 is 5.32 Å². The molecule has 1 aromatic heterocycles. The first-order valence-electron chi connectivity index (χ1n) is 11.1. The number of nitrogens with zero attached hydrogens (tertiary/aromatic N) is 1. The summed E-state index contributed by atoms with van der Waals surface area (Å²) in [4.78, 5) is 44.1. The number of hydrogen-bond donors (Lipinski definition) is 1. The molecule has 1 saturated carbocycles. The van der Waals surface area contributed by atoms with Crippen LogP contribution in [0.2, 0.25) is 0 Å². The van der Waals surface area contributed by atoms with Crippen molar-refractivity contribution in [1.29, 1.82) is 0 Å². The number of carbonyl (C=O) groups excluding carboxylic acids is 4. The Hall–Kier alpha value is -1.83. The SMILES string of the molecule is CCCC1(CCC(=O)OCCSSCCNC(=O)c2cccnc2)CCCCC1.O=C=O. The Labute approximate surface area is 198 Å². The summed E-state index contributed by atoms with van der Waals surface area (Å²) in [5, 5.41) is 2.87. The highest BCUT2D eigenvalue weighted by Crippen LogP contribution is 2.43. The highest BCUT2D eigenvalue weighted by molar-refractivity contribution is 8.76. The van der Waals surface area contributed by atoms with Crippen LogP contribution in [-0.4, -0.2) is 47.7 Å². The van der Waals surface area contributed by atoms with Crippen molar-refractivity contribution in [2.75, 3.05) is 24.7 Å². The number of esters is 1. The minimum absolute atomic E-state index is 0.0552. The predicted octanol–water partition coefficient (Wildman–Crippen LogP) is 4.68. The molecule has 0 bridgehead atoms. The third kappa shape index (κ3) is 12.3. The highest BCUT2D eigenvalue weighted by atomic mass is 33.1. The molecule has 7 nitrogen and oxygen atoms in total. The monoisotopic (exact) mass is 482 g/mol. The van der Waals surface area contributed by atoms with Crippen LogP contribution in [0.3, 0.4) is 0 Å². The van der Waals surface area contributed by atoms with E-state index in [9.17, 15) is 9.59 Å². The van der Waals surface area contributed by atoms with Crippen LogP contribution in [0, 0.1) is 5.41 Å². The van der Waals surface area contributed by atoms with Gasteiger partial charge in [0.1, 0.15) is 6.61 Å². The second-order valence-electron chi connectivity index (χ2n) is 7.76. The van der Waals surface area contributed by atoms with Crippen LogP contribution in [0.5, 0.6) is 0 Å². The van der Waals surface area contributed by atoms with Crippen molar-refractivity contribution in [2.45, 2.75) is 64.7 Å². The average molecular weight is 483 g/mol. The van der Waals surface area contributed by atoms with Gasteiger partial charge in [-0.3, -0.25) is 14.6 Å². The number of rotatable bonds is 13. The zero-order valence-electron chi connectivity index (χ0n) is 18.8. The summed E-state index contributed by atoms with van der Waals surface area (Å²) in [6.45, 7) is 3.30. The lowest BCUT2D eigenvalue weighted by atomic mass is 9.68. The van der Waals surface area contributed by atoms with E-state index in [1.807, 2.05) is 0 Å². The Kier molecular flexibility index (Phi) is 15.6. The van der Waals surface area contributed by atoms with E-state index in [1.165, 1.54) is 44.9 Å². The van der Waals surface area contributed by atoms with E-state index in [-0.39, 0.29) is 18.0 Å². The Morgan fingerprint density at radius 2 is 1.88 bits per heavy atom. The lowest BCUT2D eigenvalue weighted by molar-refractivity contribution is -0.191. The molecule has 1 N–H and O–H groups in total. The molecule has 0 spiro atoms. The molecule has 0 aromatic carbocycles. The number of ether oxygens (including phenoxy) is 1. The Bertz CT molecular complexity index is 685. The molecule has 1 fully saturated rings. The molecule has 0 radical (unpaired) electrons. The van der Waals surface area contributed by atoms with Crippen molar-refractivity contribution in [1.82, 2.24) is 10.3 Å². The van der Waals surface area contributed by atoms with Gasteiger partial charge in [-0.2, -0.15) is 9.59 Å². The quantitative estimate of drug-likeness (QED) is 0.246. The maximum Gasteiger partial charge on any atom is 0.373 e. The fourth-order valence-electron chi connectivity index (χ4n) is 4.01. The second kappa shape index (κ2) is 17.7. The third-order valence-electron chi connectivity index (χ3n) is 5.46. The normalized spacial score (nSPS) is 14.4. The van der Waals surface area contributed by atoms with Gasteiger partial charge in [0, 0.05) is 36.9 Å². The van der Waals surface area contributed by atoms with Gasteiger partial charge in [-0.1, -0.05) is 54.2 Å². The summed E-state index contributed by atoms with van der Waals surface area (Å²) in [6.07, 6.45) is 14.0. The standard InChI is InChI=1S/C22H34N2O3S2.CO2/c1-2-9-22(10-4-3-5-11-22)12-8-20(25)27-15-17-29-28-16-14-24-21(26)19-7-6-13-23-18-19;2-1-3/h6-7,13,18H,2-5,8-12,14-17H2,1H3,(H,24,26);. The van der Waals surface area contributed by atoms with Crippen molar-refractivity contribution >= 4 is 39.6 Å². The van der Waals surface area contributed by atoms with Gasteiger partial charge < -0.3 is 10.1 Å². The Balaban J connectivity index is 0.00000161. The van der Waals surface area contributed by atoms with Crippen LogP contribution in [-0.2, 0) is 19.1 Å². The molecule has 178 valence electrons. The molecule has 0 unspecified atom stereocenters. The lowest BCUT2D eigenvalue weighted by Crippen LogP contribution is -2.25. The summed E-state index contributed by atoms with van der Waals surface area (Å²) < 4.78 is 5.41. The minimum atomic E-state index is -0.101. The van der Waals surface area contributed by atoms with Gasteiger partial charge in [-0.15, -0.1) is 0 Å². The van der Waals surface area contributed by atoms with Crippen molar-refractivity contribution in [3.05, 3.63) is 30.1 Å². The average Bonchev–Trinajstić information content (AvgIpc) is 2.81. The molecule has 2 rings (SSSR count). The molecular formula is C23H34N2O5S2. The maximum atomic E-state index is 12.1. The van der Waals surface area contributed by atoms with Crippen molar-refractivity contribution in [2.24, 2.45) is 5.41 Å². The van der Waals surface area contributed by atoms with Crippen LogP contribution in [0.15, 0.2) is 24.5 Å². The molecule has 1 aliphatic rings. The van der Waals surface area contributed by atoms with Crippen LogP contribution in [0.1, 0.15) is 75.1 Å². The molecule has 0 aliphatic heterocycles. The fourth-order valence-corrected chi connectivity index (χ4v) is 5.74. The van der Waals surface area contributed by atoms with Gasteiger partial charge in [-0.25, -0.2) is 0 Å². The smallest absolute Gasteiger partial charge is 0.373 e. The van der Waals surface area contributed by atoms with Crippen molar-refractivity contribution < 1.29 is 23.9 Å². The van der Waals surface area contributed by atoms with Gasteiger partial charge >= 0.3 is 12.1 Å². The number of amides is 1. The zero-order chi connectivity index (χ0) is 23.5. The highest BCUT2D eigenvalue weighted by Gasteiger charge is 2.31. The van der Waals surface area contributed by atoms with Gasteiger partial charge in [-0.05, 0) is 43.2 Å². The maximum absolute atomic E-state index is 12.1. The van der Waals surface area contributed by atoms with Gasteiger partial charge in [0.05, 0.1) is 5.56 Å². The molecule has 1 aliphatic carbocycles. The van der Waals surface area contributed by atoms with Crippen molar-refractivity contribution in [3.63, 3.8) is 0 Å². The van der Waals surface area contributed by atoms with Gasteiger partial charge in [0.25, 0.3) is 5.91 Å². The number of pyridine rings is 1. The number of hydrogen-bond acceptors (Lipinski definition) is 8. The number of aromatic nitrogens is 1. The largest absolute Gasteiger partial charge is 0.465 e. The summed E-state index contributed by atoms with van der Waals surface area (Å²) in [5.41, 5.74) is 0.961. The van der Waals surface area contributed by atoms with E-state index in [1.54, 1.807) is 46.1 Å². The predicted molar refractivity (Wildman–Crippen MR) is 127 cm³/mol. The first kappa shape index (κ1) is 28.2. The van der Waals surface area contributed by atoms with E-state index in [0.717, 1.165) is 17.9 Å². The Morgan fingerprint density at radius 1 is 1.16 bits per heavy atom. The molecule has 1 aromatic rings. The molecule has 1 heterocycles. The molecule has 9 heteroatoms. The second-order valence-corrected chi connectivity index (χ2v) is 10.5. The van der Waals surface area contributed by atoms with E-state index in [4.69, 9.17) is 14.3 Å².